The molecule has 0 bridgehead atoms. The Balaban J connectivity index is 2.10. The highest BCUT2D eigenvalue weighted by molar-refractivity contribution is 5.95. The Morgan fingerprint density at radius 2 is 1.72 bits per heavy atom. The molecule has 1 N–H and O–H groups in total. The summed E-state index contributed by atoms with van der Waals surface area (Å²) in [5.74, 6) is 5.79. The maximum absolute atomic E-state index is 13.4. The highest BCUT2D eigenvalue weighted by atomic mass is 19.1. The van der Waals surface area contributed by atoms with Gasteiger partial charge in [0.15, 0.2) is 11.5 Å². The van der Waals surface area contributed by atoms with Crippen molar-refractivity contribution in [3.05, 3.63) is 53.3 Å². The van der Waals surface area contributed by atoms with Crippen molar-refractivity contribution in [1.82, 2.24) is 5.32 Å². The quantitative estimate of drug-likeness (QED) is 0.848. The highest BCUT2D eigenvalue weighted by Crippen LogP contribution is 2.38. The third kappa shape index (κ3) is 4.42. The zero-order valence-electron chi connectivity index (χ0n) is 14.2. The van der Waals surface area contributed by atoms with Crippen LogP contribution in [0, 0.1) is 17.7 Å². The zero-order chi connectivity index (χ0) is 18.2. The first kappa shape index (κ1) is 18.1. The van der Waals surface area contributed by atoms with Crippen LogP contribution in [0.25, 0.3) is 0 Å². The van der Waals surface area contributed by atoms with Gasteiger partial charge in [-0.15, -0.1) is 0 Å². The summed E-state index contributed by atoms with van der Waals surface area (Å²) in [6, 6.07) is 9.28. The van der Waals surface area contributed by atoms with Gasteiger partial charge in [0.2, 0.25) is 5.75 Å². The normalized spacial score (nSPS) is 9.60. The van der Waals surface area contributed by atoms with E-state index < -0.39 is 5.82 Å². The fraction of sp³-hybridized carbons (Fsp3) is 0.211. The van der Waals surface area contributed by atoms with E-state index in [2.05, 4.69) is 17.2 Å². The van der Waals surface area contributed by atoms with Crippen molar-refractivity contribution in [1.29, 1.82) is 0 Å². The fourth-order valence-electron chi connectivity index (χ4n) is 2.14. The minimum atomic E-state index is -0.397. The third-order valence-corrected chi connectivity index (χ3v) is 3.36. The number of carbonyl (C=O) groups is 1. The fourth-order valence-corrected chi connectivity index (χ4v) is 2.14. The number of hydrogen-bond acceptors (Lipinski definition) is 4. The van der Waals surface area contributed by atoms with Gasteiger partial charge < -0.3 is 19.5 Å². The number of halogens is 1. The van der Waals surface area contributed by atoms with Gasteiger partial charge in [-0.05, 0) is 24.3 Å². The van der Waals surface area contributed by atoms with E-state index >= 15 is 0 Å². The van der Waals surface area contributed by atoms with Crippen LogP contribution in [-0.2, 0) is 0 Å². The molecule has 0 atom stereocenters. The molecule has 0 aromatic heterocycles. The number of carbonyl (C=O) groups excluding carboxylic acids is 1. The summed E-state index contributed by atoms with van der Waals surface area (Å²) in [7, 11) is 4.43. The number of hydrogen-bond donors (Lipinski definition) is 1. The molecular formula is C19H18FNO4. The molecule has 0 aliphatic carbocycles. The molecule has 2 rings (SSSR count). The van der Waals surface area contributed by atoms with E-state index in [1.54, 1.807) is 30.3 Å². The van der Waals surface area contributed by atoms with Crippen molar-refractivity contribution >= 4 is 5.91 Å². The van der Waals surface area contributed by atoms with Gasteiger partial charge in [-0.1, -0.05) is 24.0 Å². The number of nitrogens with one attached hydrogen (secondary N) is 1. The Bertz CT molecular complexity index is 799. The molecule has 2 aromatic rings. The minimum absolute atomic E-state index is 0.0732. The molecule has 0 aliphatic rings. The van der Waals surface area contributed by atoms with E-state index in [0.717, 1.165) is 0 Å². The van der Waals surface area contributed by atoms with E-state index in [1.165, 1.54) is 27.4 Å². The van der Waals surface area contributed by atoms with Crippen LogP contribution < -0.4 is 19.5 Å². The van der Waals surface area contributed by atoms with Crippen LogP contribution in [0.3, 0.4) is 0 Å². The van der Waals surface area contributed by atoms with Crippen LogP contribution >= 0.6 is 0 Å². The number of rotatable bonds is 5. The molecule has 0 fully saturated rings. The lowest BCUT2D eigenvalue weighted by Crippen LogP contribution is -2.23. The van der Waals surface area contributed by atoms with Gasteiger partial charge >= 0.3 is 0 Å². The Kier molecular flexibility index (Phi) is 6.24. The van der Waals surface area contributed by atoms with Gasteiger partial charge in [-0.2, -0.15) is 0 Å². The standard InChI is InChI=1S/C19H18FNO4/c1-23-16-11-14(12-17(24-2)18(16)25-3)19(22)21-10-6-8-13-7-4-5-9-15(13)20/h4-5,7,9,11-12H,10H2,1-3H3,(H,21,22). The molecule has 1 amide bonds. The van der Waals surface area contributed by atoms with Crippen LogP contribution in [0.15, 0.2) is 36.4 Å². The van der Waals surface area contributed by atoms with E-state index in [0.29, 0.717) is 22.8 Å². The van der Waals surface area contributed by atoms with Crippen LogP contribution in [0.5, 0.6) is 17.2 Å². The average Bonchev–Trinajstić information content (AvgIpc) is 2.64. The van der Waals surface area contributed by atoms with Gasteiger partial charge in [0.1, 0.15) is 5.82 Å². The summed E-state index contributed by atoms with van der Waals surface area (Å²) in [5.41, 5.74) is 0.617. The molecule has 0 saturated heterocycles. The SMILES string of the molecule is COc1cc(C(=O)NCC#Cc2ccccc2F)cc(OC)c1OC. The van der Waals surface area contributed by atoms with Crippen molar-refractivity contribution in [2.24, 2.45) is 0 Å². The summed E-state index contributed by atoms with van der Waals surface area (Å²) in [4.78, 5) is 12.3. The molecule has 5 nitrogen and oxygen atoms in total. The molecule has 25 heavy (non-hydrogen) atoms. The van der Waals surface area contributed by atoms with Crippen LogP contribution in [0.4, 0.5) is 4.39 Å². The predicted molar refractivity (Wildman–Crippen MR) is 91.7 cm³/mol. The second kappa shape index (κ2) is 8.60. The Morgan fingerprint density at radius 1 is 1.08 bits per heavy atom. The highest BCUT2D eigenvalue weighted by Gasteiger charge is 2.16. The van der Waals surface area contributed by atoms with Crippen LogP contribution in [0.2, 0.25) is 0 Å². The molecule has 0 radical (unpaired) electrons. The Labute approximate surface area is 145 Å². The molecule has 0 aliphatic heterocycles. The van der Waals surface area contributed by atoms with Gasteiger partial charge in [-0.25, -0.2) is 4.39 Å². The molecule has 0 saturated carbocycles. The largest absolute Gasteiger partial charge is 0.493 e. The number of benzene rings is 2. The maximum atomic E-state index is 13.4. The van der Waals surface area contributed by atoms with E-state index in [4.69, 9.17) is 14.2 Å². The summed E-state index contributed by atoms with van der Waals surface area (Å²) >= 11 is 0. The third-order valence-electron chi connectivity index (χ3n) is 3.36. The first-order chi connectivity index (χ1) is 12.1. The number of methoxy groups -OCH3 is 3. The molecule has 6 heteroatoms. The molecular weight excluding hydrogens is 325 g/mol. The predicted octanol–water partition coefficient (Wildman–Crippen LogP) is 2.63. The van der Waals surface area contributed by atoms with E-state index in [-0.39, 0.29) is 18.0 Å². The van der Waals surface area contributed by atoms with Gasteiger partial charge in [0, 0.05) is 5.56 Å². The van der Waals surface area contributed by atoms with Crippen molar-refractivity contribution in [2.45, 2.75) is 0 Å². The maximum Gasteiger partial charge on any atom is 0.252 e. The van der Waals surface area contributed by atoms with Crippen molar-refractivity contribution in [3.8, 4) is 29.1 Å². The van der Waals surface area contributed by atoms with Gasteiger partial charge in [0.05, 0.1) is 33.4 Å². The van der Waals surface area contributed by atoms with Gasteiger partial charge in [-0.3, -0.25) is 4.79 Å². The summed E-state index contributed by atoms with van der Waals surface area (Å²) in [6.45, 7) is 0.0732. The van der Waals surface area contributed by atoms with Crippen LogP contribution in [-0.4, -0.2) is 33.8 Å². The van der Waals surface area contributed by atoms with Crippen molar-refractivity contribution in [2.75, 3.05) is 27.9 Å². The summed E-state index contributed by atoms with van der Waals surface area (Å²) in [6.07, 6.45) is 0. The van der Waals surface area contributed by atoms with Gasteiger partial charge in [0.25, 0.3) is 5.91 Å². The topological polar surface area (TPSA) is 56.8 Å². The monoisotopic (exact) mass is 343 g/mol. The van der Waals surface area contributed by atoms with Crippen molar-refractivity contribution in [3.63, 3.8) is 0 Å². The smallest absolute Gasteiger partial charge is 0.252 e. The number of ether oxygens (including phenoxy) is 3. The molecule has 0 unspecified atom stereocenters. The molecule has 0 spiro atoms. The first-order valence-electron chi connectivity index (χ1n) is 7.42. The lowest BCUT2D eigenvalue weighted by atomic mass is 10.1. The van der Waals surface area contributed by atoms with Crippen LogP contribution in [0.1, 0.15) is 15.9 Å². The second-order valence-corrected chi connectivity index (χ2v) is 4.88. The Morgan fingerprint density at radius 3 is 2.28 bits per heavy atom. The molecule has 2 aromatic carbocycles. The minimum Gasteiger partial charge on any atom is -0.493 e. The summed E-state index contributed by atoms with van der Waals surface area (Å²) < 4.78 is 29.1. The zero-order valence-corrected chi connectivity index (χ0v) is 14.2. The van der Waals surface area contributed by atoms with E-state index in [9.17, 15) is 9.18 Å². The number of amides is 1. The Hall–Kier alpha value is -3.20. The second-order valence-electron chi connectivity index (χ2n) is 4.88. The van der Waals surface area contributed by atoms with Crippen molar-refractivity contribution < 1.29 is 23.4 Å². The molecule has 0 heterocycles. The van der Waals surface area contributed by atoms with E-state index in [1.807, 2.05) is 0 Å². The first-order valence-corrected chi connectivity index (χ1v) is 7.42. The lowest BCUT2D eigenvalue weighted by molar-refractivity contribution is 0.0958. The molecule has 130 valence electrons. The lowest BCUT2D eigenvalue weighted by Gasteiger charge is -2.13. The summed E-state index contributed by atoms with van der Waals surface area (Å²) in [5, 5.41) is 2.64. The average molecular weight is 343 g/mol.